The van der Waals surface area contributed by atoms with Crippen molar-refractivity contribution in [3.05, 3.63) is 131 Å². The van der Waals surface area contributed by atoms with Gasteiger partial charge in [0.15, 0.2) is 11.5 Å². The number of hydrogen-bond acceptors (Lipinski definition) is 6. The van der Waals surface area contributed by atoms with Gasteiger partial charge in [0.05, 0.1) is 12.1 Å². The molecule has 0 aromatic heterocycles. The van der Waals surface area contributed by atoms with Gasteiger partial charge in [-0.3, -0.25) is 14.5 Å². The number of ether oxygens (including phenoxy) is 2. The summed E-state index contributed by atoms with van der Waals surface area (Å²) in [4.78, 5) is 32.4. The monoisotopic (exact) mass is 808 g/mol. The molecule has 9 rings (SSSR count). The van der Waals surface area contributed by atoms with E-state index in [1.165, 1.54) is 66.8 Å². The average molecular weight is 809 g/mol. The Labute approximate surface area is 357 Å². The maximum absolute atomic E-state index is 15.1. The Bertz CT molecular complexity index is 2040. The summed E-state index contributed by atoms with van der Waals surface area (Å²) in [6.07, 6.45) is 15.3. The van der Waals surface area contributed by atoms with Gasteiger partial charge in [0.1, 0.15) is 6.10 Å². The van der Waals surface area contributed by atoms with E-state index in [-0.39, 0.29) is 41.5 Å². The largest absolute Gasteiger partial charge is 0.483 e. The fraction of sp³-hybridized carbons (Fsp3) is 0.509. The highest BCUT2D eigenvalue weighted by molar-refractivity contribution is 5.77. The first-order valence-corrected chi connectivity index (χ1v) is 23.3. The molecule has 5 aliphatic rings. The number of aliphatic hydroxyl groups is 1. The lowest BCUT2D eigenvalue weighted by Gasteiger charge is -2.60. The Morgan fingerprint density at radius 3 is 2.12 bits per heavy atom. The van der Waals surface area contributed by atoms with Gasteiger partial charge >= 0.3 is 5.97 Å². The van der Waals surface area contributed by atoms with Crippen LogP contribution in [0.15, 0.2) is 103 Å². The highest BCUT2D eigenvalue weighted by Crippen LogP contribution is 2.64. The van der Waals surface area contributed by atoms with Gasteiger partial charge in [-0.25, -0.2) is 0 Å². The van der Waals surface area contributed by atoms with Crippen molar-refractivity contribution < 1.29 is 24.2 Å². The maximum atomic E-state index is 15.1. The van der Waals surface area contributed by atoms with E-state index in [0.717, 1.165) is 76.6 Å². The number of unbranched alkanes of at least 4 members (excludes halogenated alkanes) is 7. The lowest BCUT2D eigenvalue weighted by atomic mass is 9.51. The van der Waals surface area contributed by atoms with Crippen molar-refractivity contribution in [2.24, 2.45) is 11.8 Å². The highest BCUT2D eigenvalue weighted by Gasteiger charge is 2.67. The van der Waals surface area contributed by atoms with Crippen LogP contribution < -0.4 is 9.47 Å². The molecule has 4 aromatic carbocycles. The SMILES string of the molecule is CC(=O)Oc1ccc2c3c1O[C@H]1[C@H](N(CC(c4ccccc4)c4ccccc4)C(=O)CCCCCCCCCCc4ccccc4)CC[C@H]4[C@@H](C2)N(CC2CC2O)CC[C@@]341. The molecule has 7 atom stereocenters. The molecule has 1 spiro atoms. The van der Waals surface area contributed by atoms with E-state index in [1.54, 1.807) is 0 Å². The number of carbonyl (C=O) groups excluding carboxylic acids is 2. The molecular formula is C53H64N2O5. The second kappa shape index (κ2) is 18.3. The van der Waals surface area contributed by atoms with Gasteiger partial charge in [-0.2, -0.15) is 0 Å². The van der Waals surface area contributed by atoms with Gasteiger partial charge < -0.3 is 19.5 Å². The van der Waals surface area contributed by atoms with Crippen LogP contribution >= 0.6 is 0 Å². The van der Waals surface area contributed by atoms with Gasteiger partial charge in [0.2, 0.25) is 5.91 Å². The fourth-order valence-electron chi connectivity index (χ4n) is 11.9. The molecule has 60 heavy (non-hydrogen) atoms. The van der Waals surface area contributed by atoms with Gasteiger partial charge in [0, 0.05) is 55.3 Å². The number of aliphatic hydroxyl groups excluding tert-OH is 1. The molecule has 3 aliphatic carbocycles. The van der Waals surface area contributed by atoms with Crippen LogP contribution in [-0.2, 0) is 27.8 Å². The van der Waals surface area contributed by atoms with Gasteiger partial charge in [-0.1, -0.05) is 136 Å². The first-order valence-electron chi connectivity index (χ1n) is 23.3. The number of likely N-dealkylation sites (tertiary alicyclic amines) is 1. The third-order valence-corrected chi connectivity index (χ3v) is 14.9. The van der Waals surface area contributed by atoms with E-state index < -0.39 is 0 Å². The second-order valence-electron chi connectivity index (χ2n) is 18.7. The number of esters is 1. The summed E-state index contributed by atoms with van der Waals surface area (Å²) in [5, 5.41) is 10.4. The molecule has 1 amide bonds. The normalized spacial score (nSPS) is 26.0. The molecule has 316 valence electrons. The summed E-state index contributed by atoms with van der Waals surface area (Å²) in [5.41, 5.74) is 6.09. The number of piperidine rings is 1. The Hall–Kier alpha value is -4.46. The topological polar surface area (TPSA) is 79.3 Å². The summed E-state index contributed by atoms with van der Waals surface area (Å²) < 4.78 is 13.2. The van der Waals surface area contributed by atoms with E-state index in [0.29, 0.717) is 36.6 Å². The molecule has 2 aliphatic heterocycles. The van der Waals surface area contributed by atoms with Crippen molar-refractivity contribution in [3.63, 3.8) is 0 Å². The number of nitrogens with zero attached hydrogens (tertiary/aromatic N) is 2. The van der Waals surface area contributed by atoms with Crippen LogP contribution in [0.25, 0.3) is 0 Å². The molecule has 7 nitrogen and oxygen atoms in total. The number of amides is 1. The molecule has 2 unspecified atom stereocenters. The van der Waals surface area contributed by atoms with Crippen LogP contribution in [0, 0.1) is 11.8 Å². The van der Waals surface area contributed by atoms with Gasteiger partial charge in [-0.15, -0.1) is 0 Å². The molecule has 3 fully saturated rings. The summed E-state index contributed by atoms with van der Waals surface area (Å²) in [6.45, 7) is 3.91. The van der Waals surface area contributed by atoms with Crippen LogP contribution in [0.3, 0.4) is 0 Å². The number of carbonyl (C=O) groups is 2. The van der Waals surface area contributed by atoms with Crippen LogP contribution in [0.2, 0.25) is 0 Å². The highest BCUT2D eigenvalue weighted by atomic mass is 16.6. The van der Waals surface area contributed by atoms with Crippen LogP contribution in [0.5, 0.6) is 11.5 Å². The summed E-state index contributed by atoms with van der Waals surface area (Å²) >= 11 is 0. The molecule has 2 heterocycles. The summed E-state index contributed by atoms with van der Waals surface area (Å²) in [7, 11) is 0. The number of hydrogen-bond donors (Lipinski definition) is 1. The number of rotatable bonds is 19. The second-order valence-corrected chi connectivity index (χ2v) is 18.7. The van der Waals surface area contributed by atoms with Crippen LogP contribution in [0.4, 0.5) is 0 Å². The minimum absolute atomic E-state index is 0.00957. The van der Waals surface area contributed by atoms with Gasteiger partial charge in [-0.05, 0) is 92.1 Å². The van der Waals surface area contributed by atoms with E-state index in [1.807, 2.05) is 6.07 Å². The van der Waals surface area contributed by atoms with Gasteiger partial charge in [0.25, 0.3) is 0 Å². The molecule has 2 bridgehead atoms. The lowest BCUT2D eigenvalue weighted by molar-refractivity contribution is -0.143. The predicted molar refractivity (Wildman–Crippen MR) is 236 cm³/mol. The minimum atomic E-state index is -0.352. The summed E-state index contributed by atoms with van der Waals surface area (Å²) in [5.74, 6) is 1.83. The van der Waals surface area contributed by atoms with Crippen molar-refractivity contribution in [1.82, 2.24) is 9.80 Å². The fourth-order valence-corrected chi connectivity index (χ4v) is 11.9. The van der Waals surface area contributed by atoms with Crippen LogP contribution in [-0.4, -0.2) is 70.7 Å². The molecule has 1 saturated heterocycles. The number of benzene rings is 4. The first-order chi connectivity index (χ1) is 29.4. The molecule has 2 saturated carbocycles. The van der Waals surface area contributed by atoms with Crippen LogP contribution in [0.1, 0.15) is 124 Å². The minimum Gasteiger partial charge on any atom is -0.483 e. The molecule has 1 N–H and O–H groups in total. The number of aryl methyl sites for hydroxylation is 1. The Kier molecular flexibility index (Phi) is 12.5. The van der Waals surface area contributed by atoms with E-state index in [9.17, 15) is 9.90 Å². The van der Waals surface area contributed by atoms with Crippen molar-refractivity contribution in [1.29, 1.82) is 0 Å². The smallest absolute Gasteiger partial charge is 0.308 e. The van der Waals surface area contributed by atoms with E-state index >= 15 is 4.79 Å². The summed E-state index contributed by atoms with van der Waals surface area (Å²) in [6, 6.07) is 36.5. The third kappa shape index (κ3) is 8.41. The molecule has 0 radical (unpaired) electrons. The Morgan fingerprint density at radius 1 is 0.833 bits per heavy atom. The van der Waals surface area contributed by atoms with Crippen molar-refractivity contribution >= 4 is 11.9 Å². The van der Waals surface area contributed by atoms with Crippen molar-refractivity contribution in [2.75, 3.05) is 19.6 Å². The zero-order valence-electron chi connectivity index (χ0n) is 35.6. The standard InChI is InChI=1S/C53H64N2O5/c1-37(56)59-48-30-27-41-33-46-44-28-29-45(52-53(44,50(41)51(48)60-52)31-32-54(46)35-42-34-47(42)57)55(36-43(39-22-14-9-15-23-39)40-24-16-10-17-25-40)49(58)26-18-7-5-3-2-4-6-11-19-38-20-12-8-13-21-38/h8-10,12-17,20-25,27,30,42-47,52,57H,2-7,11,18-19,26,28-29,31-36H2,1H3/t42?,44-,45+,46+,47?,52-,53-/m0/s1. The van der Waals surface area contributed by atoms with Crippen molar-refractivity contribution in [2.45, 2.75) is 139 Å². The molecule has 7 heteroatoms. The van der Waals surface area contributed by atoms with E-state index in [4.69, 9.17) is 9.47 Å². The first kappa shape index (κ1) is 40.9. The Morgan fingerprint density at radius 2 is 1.47 bits per heavy atom. The maximum Gasteiger partial charge on any atom is 0.308 e. The third-order valence-electron chi connectivity index (χ3n) is 14.9. The van der Waals surface area contributed by atoms with E-state index in [2.05, 4.69) is 107 Å². The quantitative estimate of drug-likeness (QED) is 0.0578. The molecular weight excluding hydrogens is 745 g/mol. The lowest BCUT2D eigenvalue weighted by Crippen LogP contribution is -2.69. The predicted octanol–water partition coefficient (Wildman–Crippen LogP) is 9.81. The zero-order valence-corrected chi connectivity index (χ0v) is 35.6. The van der Waals surface area contributed by atoms with Crippen molar-refractivity contribution in [3.8, 4) is 11.5 Å². The average Bonchev–Trinajstić information content (AvgIpc) is 3.85. The molecule has 4 aromatic rings. The zero-order chi connectivity index (χ0) is 41.1. The Balaban J connectivity index is 0.958.